The van der Waals surface area contributed by atoms with Crippen LogP contribution in [-0.2, 0) is 12.4 Å². The fourth-order valence-corrected chi connectivity index (χ4v) is 3.51. The van der Waals surface area contributed by atoms with Crippen molar-refractivity contribution in [3.05, 3.63) is 50.6 Å². The maximum absolute atomic E-state index is 5.88. The van der Waals surface area contributed by atoms with Crippen LogP contribution in [0.5, 0.6) is 0 Å². The summed E-state index contributed by atoms with van der Waals surface area (Å²) < 4.78 is 1.11. The zero-order chi connectivity index (χ0) is 13.8. The summed E-state index contributed by atoms with van der Waals surface area (Å²) in [5.41, 5.74) is 2.36. The first-order valence-electron chi connectivity index (χ1n) is 6.25. The number of thiophene rings is 1. The molecule has 1 nitrogen and oxygen atoms in total. The lowest BCUT2D eigenvalue weighted by atomic mass is 10.2. The highest BCUT2D eigenvalue weighted by Gasteiger charge is 2.14. The Bertz CT molecular complexity index is 525. The summed E-state index contributed by atoms with van der Waals surface area (Å²) in [6.45, 7) is 5.37. The molecule has 0 bridgehead atoms. The molecule has 0 N–H and O–H groups in total. The lowest BCUT2D eigenvalue weighted by molar-refractivity contribution is 0.686. The Kier molecular flexibility index (Phi) is 5.31. The minimum absolute atomic E-state index is 0.445. The van der Waals surface area contributed by atoms with Gasteiger partial charge in [-0.15, -0.1) is 22.9 Å². The van der Waals surface area contributed by atoms with Crippen molar-refractivity contribution in [3.8, 4) is 0 Å². The van der Waals surface area contributed by atoms with Crippen LogP contribution in [-0.4, -0.2) is 6.04 Å². The summed E-state index contributed by atoms with van der Waals surface area (Å²) in [4.78, 5) is 3.77. The van der Waals surface area contributed by atoms with Crippen molar-refractivity contribution in [2.75, 3.05) is 4.90 Å². The molecule has 0 amide bonds. The summed E-state index contributed by atoms with van der Waals surface area (Å²) in [5, 5.41) is 2.12. The van der Waals surface area contributed by atoms with Gasteiger partial charge in [-0.05, 0) is 58.9 Å². The largest absolute Gasteiger partial charge is 0.363 e. The SMILES string of the molecule is CC(C)N(Cc1cccs1)c1ccc(CCl)cc1Br. The molecule has 0 radical (unpaired) electrons. The fourth-order valence-electron chi connectivity index (χ4n) is 1.98. The van der Waals surface area contributed by atoms with Gasteiger partial charge in [0.05, 0.1) is 12.2 Å². The Morgan fingerprint density at radius 2 is 2.11 bits per heavy atom. The molecular weight excluding hydrogens is 342 g/mol. The molecule has 102 valence electrons. The summed E-state index contributed by atoms with van der Waals surface area (Å²) in [5.74, 6) is 0.547. The lowest BCUT2D eigenvalue weighted by Crippen LogP contribution is -2.30. The van der Waals surface area contributed by atoms with Gasteiger partial charge in [0.2, 0.25) is 0 Å². The number of anilines is 1. The van der Waals surface area contributed by atoms with Gasteiger partial charge in [0.15, 0.2) is 0 Å². The Balaban J connectivity index is 2.28. The fraction of sp³-hybridized carbons (Fsp3) is 0.333. The Morgan fingerprint density at radius 1 is 1.32 bits per heavy atom. The highest BCUT2D eigenvalue weighted by molar-refractivity contribution is 9.10. The van der Waals surface area contributed by atoms with Crippen LogP contribution < -0.4 is 4.90 Å². The van der Waals surface area contributed by atoms with E-state index in [4.69, 9.17) is 11.6 Å². The average molecular weight is 359 g/mol. The van der Waals surface area contributed by atoms with Crippen molar-refractivity contribution in [2.24, 2.45) is 0 Å². The monoisotopic (exact) mass is 357 g/mol. The molecule has 4 heteroatoms. The van der Waals surface area contributed by atoms with E-state index < -0.39 is 0 Å². The lowest BCUT2D eigenvalue weighted by Gasteiger charge is -2.29. The Labute approximate surface area is 132 Å². The first-order valence-corrected chi connectivity index (χ1v) is 8.46. The topological polar surface area (TPSA) is 3.24 Å². The molecular formula is C15H17BrClNS. The molecule has 0 saturated heterocycles. The molecule has 0 atom stereocenters. The molecule has 2 rings (SSSR count). The summed E-state index contributed by atoms with van der Waals surface area (Å²) >= 11 is 11.3. The summed E-state index contributed by atoms with van der Waals surface area (Å²) in [7, 11) is 0. The molecule has 0 aliphatic rings. The third-order valence-corrected chi connectivity index (χ3v) is 4.81. The third kappa shape index (κ3) is 3.74. The van der Waals surface area contributed by atoms with Crippen LogP contribution >= 0.6 is 38.9 Å². The van der Waals surface area contributed by atoms with E-state index in [2.05, 4.69) is 70.4 Å². The molecule has 2 aromatic rings. The van der Waals surface area contributed by atoms with Crippen LogP contribution in [0.25, 0.3) is 0 Å². The van der Waals surface area contributed by atoms with E-state index >= 15 is 0 Å². The number of hydrogen-bond acceptors (Lipinski definition) is 2. The van der Waals surface area contributed by atoms with Gasteiger partial charge < -0.3 is 4.90 Å². The smallest absolute Gasteiger partial charge is 0.0526 e. The number of nitrogens with zero attached hydrogens (tertiary/aromatic N) is 1. The molecule has 0 spiro atoms. The Hall–Kier alpha value is -0.510. The quantitative estimate of drug-likeness (QED) is 0.623. The van der Waals surface area contributed by atoms with Crippen LogP contribution in [0.3, 0.4) is 0 Å². The molecule has 0 unspecified atom stereocenters. The van der Waals surface area contributed by atoms with Crippen LogP contribution in [0.2, 0.25) is 0 Å². The standard InChI is InChI=1S/C15H17BrClNS/c1-11(2)18(10-13-4-3-7-19-13)15-6-5-12(9-17)8-14(15)16/h3-8,11H,9-10H2,1-2H3. The van der Waals surface area contributed by atoms with Crippen molar-refractivity contribution in [3.63, 3.8) is 0 Å². The number of alkyl halides is 1. The van der Waals surface area contributed by atoms with Gasteiger partial charge in [0.1, 0.15) is 0 Å². The maximum Gasteiger partial charge on any atom is 0.0526 e. The second kappa shape index (κ2) is 6.78. The highest BCUT2D eigenvalue weighted by atomic mass is 79.9. The van der Waals surface area contributed by atoms with Gasteiger partial charge >= 0.3 is 0 Å². The van der Waals surface area contributed by atoms with E-state index in [9.17, 15) is 0 Å². The molecule has 0 saturated carbocycles. The summed E-state index contributed by atoms with van der Waals surface area (Å²) in [6.07, 6.45) is 0. The minimum Gasteiger partial charge on any atom is -0.363 e. The molecule has 0 aliphatic heterocycles. The van der Waals surface area contributed by atoms with Crippen LogP contribution in [0.1, 0.15) is 24.3 Å². The van der Waals surface area contributed by atoms with Crippen LogP contribution in [0.4, 0.5) is 5.69 Å². The van der Waals surface area contributed by atoms with E-state index in [1.165, 1.54) is 10.6 Å². The Morgan fingerprint density at radius 3 is 2.63 bits per heavy atom. The number of rotatable bonds is 5. The molecule has 0 fully saturated rings. The predicted octanol–water partition coefficient (Wildman–Crippen LogP) is 5.66. The van der Waals surface area contributed by atoms with Crippen molar-refractivity contribution >= 4 is 44.6 Å². The van der Waals surface area contributed by atoms with Crippen molar-refractivity contribution < 1.29 is 0 Å². The minimum atomic E-state index is 0.445. The third-order valence-electron chi connectivity index (χ3n) is 3.01. The zero-order valence-corrected chi connectivity index (χ0v) is 14.2. The highest BCUT2D eigenvalue weighted by Crippen LogP contribution is 2.31. The van der Waals surface area contributed by atoms with E-state index in [0.29, 0.717) is 11.9 Å². The average Bonchev–Trinajstić information content (AvgIpc) is 2.89. The van der Waals surface area contributed by atoms with Crippen molar-refractivity contribution in [1.29, 1.82) is 0 Å². The van der Waals surface area contributed by atoms with Gasteiger partial charge in [0, 0.05) is 21.3 Å². The van der Waals surface area contributed by atoms with Crippen molar-refractivity contribution in [2.45, 2.75) is 32.3 Å². The normalized spacial score (nSPS) is 11.0. The van der Waals surface area contributed by atoms with Crippen molar-refractivity contribution in [1.82, 2.24) is 0 Å². The molecule has 1 aromatic heterocycles. The molecule has 19 heavy (non-hydrogen) atoms. The van der Waals surface area contributed by atoms with Gasteiger partial charge in [-0.1, -0.05) is 12.1 Å². The van der Waals surface area contributed by atoms with Gasteiger partial charge in [-0.3, -0.25) is 0 Å². The zero-order valence-electron chi connectivity index (χ0n) is 11.1. The van der Waals surface area contributed by atoms with Crippen LogP contribution in [0.15, 0.2) is 40.2 Å². The molecule has 1 heterocycles. The number of halogens is 2. The van der Waals surface area contributed by atoms with E-state index in [1.54, 1.807) is 11.3 Å². The van der Waals surface area contributed by atoms with Crippen LogP contribution in [0, 0.1) is 0 Å². The van der Waals surface area contributed by atoms with Gasteiger partial charge in [-0.25, -0.2) is 0 Å². The molecule has 1 aromatic carbocycles. The van der Waals surface area contributed by atoms with E-state index in [1.807, 2.05) is 0 Å². The first-order chi connectivity index (χ1) is 9.11. The first kappa shape index (κ1) is 14.9. The van der Waals surface area contributed by atoms with Gasteiger partial charge in [-0.2, -0.15) is 0 Å². The number of benzene rings is 1. The predicted molar refractivity (Wildman–Crippen MR) is 89.3 cm³/mol. The number of hydrogen-bond donors (Lipinski definition) is 0. The molecule has 0 aliphatic carbocycles. The van der Waals surface area contributed by atoms with E-state index in [0.717, 1.165) is 16.6 Å². The van der Waals surface area contributed by atoms with E-state index in [-0.39, 0.29) is 0 Å². The van der Waals surface area contributed by atoms with Gasteiger partial charge in [0.25, 0.3) is 0 Å². The second-order valence-electron chi connectivity index (χ2n) is 4.72. The summed E-state index contributed by atoms with van der Waals surface area (Å²) in [6, 6.07) is 11.1. The maximum atomic E-state index is 5.88. The second-order valence-corrected chi connectivity index (χ2v) is 6.87.